The van der Waals surface area contributed by atoms with Gasteiger partial charge in [0.15, 0.2) is 0 Å². The van der Waals surface area contributed by atoms with Crippen LogP contribution in [-0.4, -0.2) is 17.5 Å². The molecule has 0 saturated heterocycles. The molecule has 3 N–H and O–H groups in total. The highest BCUT2D eigenvalue weighted by Crippen LogP contribution is 2.31. The van der Waals surface area contributed by atoms with Crippen LogP contribution in [0.3, 0.4) is 0 Å². The number of anilines is 1. The van der Waals surface area contributed by atoms with Crippen molar-refractivity contribution < 1.29 is 9.53 Å². The Morgan fingerprint density at radius 1 is 1.30 bits per heavy atom. The van der Waals surface area contributed by atoms with E-state index in [1.54, 1.807) is 12.1 Å². The summed E-state index contributed by atoms with van der Waals surface area (Å²) in [4.78, 5) is 16.1. The Hall–Kier alpha value is -2.56. The molecule has 102 valence electrons. The Labute approximate surface area is 116 Å². The number of carbonyl (C=O) groups is 1. The van der Waals surface area contributed by atoms with Crippen molar-refractivity contribution in [1.29, 1.82) is 0 Å². The van der Waals surface area contributed by atoms with Crippen LogP contribution in [0.5, 0.6) is 5.75 Å². The fourth-order valence-electron chi connectivity index (χ4n) is 2.27. The van der Waals surface area contributed by atoms with Gasteiger partial charge in [-0.25, -0.2) is 4.98 Å². The number of hydrogen-bond acceptors (Lipinski definition) is 4. The van der Waals surface area contributed by atoms with Crippen molar-refractivity contribution in [2.75, 3.05) is 12.3 Å². The highest BCUT2D eigenvalue weighted by atomic mass is 16.5. The number of nitrogens with zero attached hydrogens (tertiary/aromatic N) is 1. The molecule has 0 spiro atoms. The van der Waals surface area contributed by atoms with Gasteiger partial charge in [0, 0.05) is 18.2 Å². The fourth-order valence-corrected chi connectivity index (χ4v) is 2.27. The summed E-state index contributed by atoms with van der Waals surface area (Å²) in [5.41, 5.74) is 7.03. The second-order valence-corrected chi connectivity index (χ2v) is 4.67. The van der Waals surface area contributed by atoms with Gasteiger partial charge in [-0.2, -0.15) is 0 Å². The van der Waals surface area contributed by atoms with Gasteiger partial charge in [-0.1, -0.05) is 18.2 Å². The fraction of sp³-hybridized carbons (Fsp3) is 0.200. The number of para-hydroxylation sites is 1. The van der Waals surface area contributed by atoms with Crippen molar-refractivity contribution in [2.45, 2.75) is 12.5 Å². The number of nitrogens with two attached hydrogens (primary N) is 1. The van der Waals surface area contributed by atoms with Gasteiger partial charge in [-0.3, -0.25) is 4.79 Å². The van der Waals surface area contributed by atoms with Gasteiger partial charge in [0.05, 0.1) is 18.2 Å². The van der Waals surface area contributed by atoms with Crippen molar-refractivity contribution in [3.8, 4) is 5.75 Å². The number of nitrogen functional groups attached to an aromatic ring is 1. The van der Waals surface area contributed by atoms with Crippen molar-refractivity contribution >= 4 is 11.7 Å². The van der Waals surface area contributed by atoms with Crippen molar-refractivity contribution in [1.82, 2.24) is 10.3 Å². The summed E-state index contributed by atoms with van der Waals surface area (Å²) in [6, 6.07) is 11.0. The third-order valence-electron chi connectivity index (χ3n) is 3.31. The molecule has 0 fully saturated rings. The van der Waals surface area contributed by atoms with Gasteiger partial charge in [-0.05, 0) is 18.2 Å². The summed E-state index contributed by atoms with van der Waals surface area (Å²) >= 11 is 0. The first kappa shape index (κ1) is 12.5. The average molecular weight is 269 g/mol. The highest BCUT2D eigenvalue weighted by Gasteiger charge is 2.23. The molecule has 0 saturated carbocycles. The molecule has 1 atom stereocenters. The van der Waals surface area contributed by atoms with Crippen LogP contribution in [0.2, 0.25) is 0 Å². The van der Waals surface area contributed by atoms with Crippen LogP contribution in [0.4, 0.5) is 5.82 Å². The van der Waals surface area contributed by atoms with E-state index >= 15 is 0 Å². The van der Waals surface area contributed by atoms with Crippen LogP contribution < -0.4 is 15.8 Å². The molecule has 5 nitrogen and oxygen atoms in total. The molecule has 1 unspecified atom stereocenters. The summed E-state index contributed by atoms with van der Waals surface area (Å²) in [7, 11) is 0. The van der Waals surface area contributed by atoms with E-state index in [0.717, 1.165) is 17.7 Å². The van der Waals surface area contributed by atoms with Gasteiger partial charge < -0.3 is 15.8 Å². The third kappa shape index (κ3) is 2.42. The minimum absolute atomic E-state index is 0.0370. The molecule has 1 aliphatic heterocycles. The number of rotatable bonds is 2. The maximum Gasteiger partial charge on any atom is 0.253 e. The summed E-state index contributed by atoms with van der Waals surface area (Å²) < 4.78 is 5.58. The van der Waals surface area contributed by atoms with Crippen molar-refractivity contribution in [2.24, 2.45) is 0 Å². The van der Waals surface area contributed by atoms with Crippen LogP contribution in [0.15, 0.2) is 42.6 Å². The molecule has 2 heterocycles. The summed E-state index contributed by atoms with van der Waals surface area (Å²) in [5.74, 6) is 1.08. The average Bonchev–Trinajstić information content (AvgIpc) is 2.48. The molecule has 1 aromatic carbocycles. The van der Waals surface area contributed by atoms with Crippen molar-refractivity contribution in [3.63, 3.8) is 0 Å². The SMILES string of the molecule is Nc1ccc(C(=O)NC2CCOc3ccccc32)cn1. The zero-order valence-corrected chi connectivity index (χ0v) is 10.9. The summed E-state index contributed by atoms with van der Waals surface area (Å²) in [6.07, 6.45) is 2.24. The molecule has 0 radical (unpaired) electrons. The maximum atomic E-state index is 12.2. The number of benzene rings is 1. The number of ether oxygens (including phenoxy) is 1. The molecule has 1 aromatic heterocycles. The zero-order valence-electron chi connectivity index (χ0n) is 10.9. The number of nitrogens with one attached hydrogen (secondary N) is 1. The first-order valence-electron chi connectivity index (χ1n) is 6.48. The number of amides is 1. The van der Waals surface area contributed by atoms with Gasteiger partial charge in [0.1, 0.15) is 11.6 Å². The number of aromatic nitrogens is 1. The van der Waals surface area contributed by atoms with Crippen LogP contribution >= 0.6 is 0 Å². The van der Waals surface area contributed by atoms with E-state index in [1.165, 1.54) is 6.20 Å². The highest BCUT2D eigenvalue weighted by molar-refractivity contribution is 5.94. The molecular formula is C15H15N3O2. The first-order chi connectivity index (χ1) is 9.74. The lowest BCUT2D eigenvalue weighted by atomic mass is 10.0. The second kappa shape index (κ2) is 5.21. The molecule has 20 heavy (non-hydrogen) atoms. The summed E-state index contributed by atoms with van der Waals surface area (Å²) in [5, 5.41) is 3.01. The van der Waals surface area contributed by atoms with Gasteiger partial charge in [0.25, 0.3) is 5.91 Å². The number of fused-ring (bicyclic) bond motifs is 1. The van der Waals surface area contributed by atoms with E-state index in [0.29, 0.717) is 18.0 Å². The number of hydrogen-bond donors (Lipinski definition) is 2. The van der Waals surface area contributed by atoms with Crippen LogP contribution in [0, 0.1) is 0 Å². The van der Waals surface area contributed by atoms with E-state index in [2.05, 4.69) is 10.3 Å². The Morgan fingerprint density at radius 2 is 2.15 bits per heavy atom. The lowest BCUT2D eigenvalue weighted by Crippen LogP contribution is -2.32. The Morgan fingerprint density at radius 3 is 2.95 bits per heavy atom. The molecule has 1 aliphatic rings. The molecule has 2 aromatic rings. The van der Waals surface area contributed by atoms with Crippen LogP contribution in [0.1, 0.15) is 28.4 Å². The number of pyridine rings is 1. The molecule has 5 heteroatoms. The van der Waals surface area contributed by atoms with E-state index in [-0.39, 0.29) is 11.9 Å². The Balaban J connectivity index is 1.79. The lowest BCUT2D eigenvalue weighted by molar-refractivity contribution is 0.0924. The van der Waals surface area contributed by atoms with Crippen LogP contribution in [-0.2, 0) is 0 Å². The summed E-state index contributed by atoms with van der Waals surface area (Å²) in [6.45, 7) is 0.599. The van der Waals surface area contributed by atoms with E-state index in [9.17, 15) is 4.79 Å². The third-order valence-corrected chi connectivity index (χ3v) is 3.31. The lowest BCUT2D eigenvalue weighted by Gasteiger charge is -2.26. The van der Waals surface area contributed by atoms with Crippen LogP contribution in [0.25, 0.3) is 0 Å². The van der Waals surface area contributed by atoms with E-state index < -0.39 is 0 Å². The molecular weight excluding hydrogens is 254 g/mol. The Kier molecular flexibility index (Phi) is 3.25. The number of carbonyl (C=O) groups excluding carboxylic acids is 1. The first-order valence-corrected chi connectivity index (χ1v) is 6.48. The molecule has 0 bridgehead atoms. The minimum atomic E-state index is -0.154. The van der Waals surface area contributed by atoms with Gasteiger partial charge in [-0.15, -0.1) is 0 Å². The maximum absolute atomic E-state index is 12.2. The molecule has 1 amide bonds. The predicted octanol–water partition coefficient (Wildman–Crippen LogP) is 1.92. The second-order valence-electron chi connectivity index (χ2n) is 4.67. The van der Waals surface area contributed by atoms with Gasteiger partial charge in [0.2, 0.25) is 0 Å². The molecule has 3 rings (SSSR count). The zero-order chi connectivity index (χ0) is 13.9. The topological polar surface area (TPSA) is 77.2 Å². The van der Waals surface area contributed by atoms with E-state index in [1.807, 2.05) is 24.3 Å². The monoisotopic (exact) mass is 269 g/mol. The van der Waals surface area contributed by atoms with E-state index in [4.69, 9.17) is 10.5 Å². The smallest absolute Gasteiger partial charge is 0.253 e. The quantitative estimate of drug-likeness (QED) is 0.873. The standard InChI is InChI=1S/C15H15N3O2/c16-14-6-5-10(9-17-14)15(19)18-12-7-8-20-13-4-2-1-3-11(12)13/h1-6,9,12H,7-8H2,(H2,16,17)(H,18,19). The Bertz CT molecular complexity index is 625. The normalized spacial score (nSPS) is 16.9. The predicted molar refractivity (Wildman–Crippen MR) is 75.4 cm³/mol. The van der Waals surface area contributed by atoms with Crippen molar-refractivity contribution in [3.05, 3.63) is 53.7 Å². The molecule has 0 aliphatic carbocycles. The minimum Gasteiger partial charge on any atom is -0.493 e. The largest absolute Gasteiger partial charge is 0.493 e. The van der Waals surface area contributed by atoms with Gasteiger partial charge >= 0.3 is 0 Å².